The first-order chi connectivity index (χ1) is 7.15. The molecule has 1 heterocycles. The van der Waals surface area contributed by atoms with Crippen LogP contribution in [0.1, 0.15) is 26.2 Å². The summed E-state index contributed by atoms with van der Waals surface area (Å²) in [5.41, 5.74) is 0.280. The fourth-order valence-electron chi connectivity index (χ4n) is 0.987. The lowest BCUT2D eigenvalue weighted by molar-refractivity contribution is -0.116. The number of halogens is 2. The Morgan fingerprint density at radius 1 is 1.40 bits per heavy atom. The van der Waals surface area contributed by atoms with E-state index in [1.807, 2.05) is 6.92 Å². The highest BCUT2D eigenvalue weighted by Crippen LogP contribution is 2.25. The van der Waals surface area contributed by atoms with Crippen LogP contribution in [0.15, 0.2) is 6.33 Å². The average Bonchev–Trinajstić information content (AvgIpc) is 2.21. The van der Waals surface area contributed by atoms with Crippen LogP contribution in [-0.4, -0.2) is 15.9 Å². The van der Waals surface area contributed by atoms with Crippen molar-refractivity contribution in [3.63, 3.8) is 0 Å². The van der Waals surface area contributed by atoms with Crippen LogP contribution in [0.2, 0.25) is 10.3 Å². The third-order valence-electron chi connectivity index (χ3n) is 1.78. The van der Waals surface area contributed by atoms with Gasteiger partial charge in [0.25, 0.3) is 0 Å². The molecule has 0 bridgehead atoms. The Hall–Kier alpha value is -0.870. The molecule has 15 heavy (non-hydrogen) atoms. The zero-order chi connectivity index (χ0) is 11.3. The summed E-state index contributed by atoms with van der Waals surface area (Å²) >= 11 is 11.5. The molecule has 0 aliphatic heterocycles. The van der Waals surface area contributed by atoms with E-state index in [-0.39, 0.29) is 21.9 Å². The Kier molecular flexibility index (Phi) is 4.78. The van der Waals surface area contributed by atoms with E-state index in [1.165, 1.54) is 6.33 Å². The van der Waals surface area contributed by atoms with E-state index in [9.17, 15) is 4.79 Å². The molecule has 1 N–H and O–H groups in total. The van der Waals surface area contributed by atoms with Gasteiger partial charge < -0.3 is 5.32 Å². The number of nitrogens with zero attached hydrogens (tertiary/aromatic N) is 2. The Balaban J connectivity index is 2.68. The number of rotatable bonds is 4. The SMILES string of the molecule is CCCCC(=O)Nc1c(Cl)ncnc1Cl. The number of hydrogen-bond donors (Lipinski definition) is 1. The molecule has 0 aliphatic carbocycles. The molecule has 1 rings (SSSR count). The van der Waals surface area contributed by atoms with Crippen molar-refractivity contribution in [3.05, 3.63) is 16.6 Å². The van der Waals surface area contributed by atoms with E-state index >= 15 is 0 Å². The maximum atomic E-state index is 11.4. The molecule has 0 saturated heterocycles. The maximum absolute atomic E-state index is 11.4. The molecule has 0 radical (unpaired) electrons. The molecule has 1 aromatic rings. The Morgan fingerprint density at radius 2 is 2.00 bits per heavy atom. The summed E-state index contributed by atoms with van der Waals surface area (Å²) in [5.74, 6) is -0.129. The predicted octanol–water partition coefficient (Wildman–Crippen LogP) is 2.91. The quantitative estimate of drug-likeness (QED) is 0.833. The highest BCUT2D eigenvalue weighted by atomic mass is 35.5. The van der Waals surface area contributed by atoms with Crippen LogP contribution >= 0.6 is 23.2 Å². The standard InChI is InChI=1S/C9H11Cl2N3O/c1-2-3-4-6(15)14-7-8(10)12-5-13-9(7)11/h5H,2-4H2,1H3,(H,14,15). The van der Waals surface area contributed by atoms with Gasteiger partial charge in [-0.2, -0.15) is 0 Å². The van der Waals surface area contributed by atoms with E-state index in [0.717, 1.165) is 12.8 Å². The molecule has 0 aliphatic rings. The summed E-state index contributed by atoms with van der Waals surface area (Å²) in [6.45, 7) is 2.01. The molecule has 0 unspecified atom stereocenters. The summed E-state index contributed by atoms with van der Waals surface area (Å²) in [7, 11) is 0. The highest BCUT2D eigenvalue weighted by molar-refractivity contribution is 6.38. The van der Waals surface area contributed by atoms with Crippen LogP contribution in [0.25, 0.3) is 0 Å². The van der Waals surface area contributed by atoms with E-state index in [1.54, 1.807) is 0 Å². The minimum Gasteiger partial charge on any atom is -0.321 e. The second kappa shape index (κ2) is 5.88. The molecule has 82 valence electrons. The molecule has 4 nitrogen and oxygen atoms in total. The normalized spacial score (nSPS) is 10.1. The lowest BCUT2D eigenvalue weighted by atomic mass is 10.2. The van der Waals surface area contributed by atoms with Gasteiger partial charge in [0.05, 0.1) is 0 Å². The van der Waals surface area contributed by atoms with Crippen molar-refractivity contribution < 1.29 is 4.79 Å². The van der Waals surface area contributed by atoms with Gasteiger partial charge in [-0.1, -0.05) is 36.5 Å². The van der Waals surface area contributed by atoms with Crippen molar-refractivity contribution in [2.75, 3.05) is 5.32 Å². The van der Waals surface area contributed by atoms with Crippen molar-refractivity contribution in [1.82, 2.24) is 9.97 Å². The summed E-state index contributed by atoms with van der Waals surface area (Å²) in [6, 6.07) is 0. The molecule has 6 heteroatoms. The van der Waals surface area contributed by atoms with Crippen LogP contribution in [0.3, 0.4) is 0 Å². The molecule has 0 aromatic carbocycles. The molecular weight excluding hydrogens is 237 g/mol. The number of nitrogens with one attached hydrogen (secondary N) is 1. The van der Waals surface area contributed by atoms with E-state index in [4.69, 9.17) is 23.2 Å². The highest BCUT2D eigenvalue weighted by Gasteiger charge is 2.10. The average molecular weight is 248 g/mol. The number of unbranched alkanes of at least 4 members (excludes halogenated alkanes) is 1. The first kappa shape index (κ1) is 12.2. The zero-order valence-corrected chi connectivity index (χ0v) is 9.77. The number of amides is 1. The van der Waals surface area contributed by atoms with Crippen molar-refractivity contribution in [1.29, 1.82) is 0 Å². The summed E-state index contributed by atoms with van der Waals surface area (Å²) in [5, 5.41) is 2.89. The van der Waals surface area contributed by atoms with E-state index in [2.05, 4.69) is 15.3 Å². The van der Waals surface area contributed by atoms with E-state index in [0.29, 0.717) is 6.42 Å². The van der Waals surface area contributed by atoms with Gasteiger partial charge in [-0.05, 0) is 6.42 Å². The molecular formula is C9H11Cl2N3O. The summed E-state index contributed by atoms with van der Waals surface area (Å²) in [4.78, 5) is 18.8. The Morgan fingerprint density at radius 3 is 2.53 bits per heavy atom. The molecule has 0 fully saturated rings. The number of carbonyl (C=O) groups is 1. The fourth-order valence-corrected chi connectivity index (χ4v) is 1.40. The molecule has 1 aromatic heterocycles. The molecule has 0 saturated carbocycles. The van der Waals surface area contributed by atoms with Crippen LogP contribution in [0.5, 0.6) is 0 Å². The lowest BCUT2D eigenvalue weighted by Gasteiger charge is -2.06. The van der Waals surface area contributed by atoms with Crippen molar-refractivity contribution in [2.24, 2.45) is 0 Å². The topological polar surface area (TPSA) is 54.9 Å². The van der Waals surface area contributed by atoms with Gasteiger partial charge in [-0.3, -0.25) is 4.79 Å². The van der Waals surface area contributed by atoms with Gasteiger partial charge in [0.1, 0.15) is 12.0 Å². The fraction of sp³-hybridized carbons (Fsp3) is 0.444. The third-order valence-corrected chi connectivity index (χ3v) is 2.35. The molecule has 1 amide bonds. The van der Waals surface area contributed by atoms with Crippen molar-refractivity contribution >= 4 is 34.8 Å². The number of anilines is 1. The second-order valence-electron chi connectivity index (χ2n) is 2.98. The first-order valence-electron chi connectivity index (χ1n) is 4.61. The minimum atomic E-state index is -0.129. The third kappa shape index (κ3) is 3.64. The largest absolute Gasteiger partial charge is 0.321 e. The Labute approximate surface area is 98.0 Å². The minimum absolute atomic E-state index is 0.129. The van der Waals surface area contributed by atoms with Gasteiger partial charge in [-0.25, -0.2) is 9.97 Å². The number of aromatic nitrogens is 2. The zero-order valence-electron chi connectivity index (χ0n) is 8.26. The lowest BCUT2D eigenvalue weighted by Crippen LogP contribution is -2.12. The van der Waals surface area contributed by atoms with Crippen LogP contribution < -0.4 is 5.32 Å². The van der Waals surface area contributed by atoms with Crippen LogP contribution in [-0.2, 0) is 4.79 Å². The molecule has 0 spiro atoms. The van der Waals surface area contributed by atoms with Gasteiger partial charge in [0.2, 0.25) is 5.91 Å². The monoisotopic (exact) mass is 247 g/mol. The number of carbonyl (C=O) groups excluding carboxylic acids is 1. The van der Waals surface area contributed by atoms with Gasteiger partial charge in [0, 0.05) is 6.42 Å². The summed E-state index contributed by atoms with van der Waals surface area (Å²) in [6.07, 6.45) is 3.47. The summed E-state index contributed by atoms with van der Waals surface area (Å²) < 4.78 is 0. The van der Waals surface area contributed by atoms with Crippen LogP contribution in [0.4, 0.5) is 5.69 Å². The first-order valence-corrected chi connectivity index (χ1v) is 5.36. The smallest absolute Gasteiger partial charge is 0.224 e. The van der Waals surface area contributed by atoms with Gasteiger partial charge in [-0.15, -0.1) is 0 Å². The number of hydrogen-bond acceptors (Lipinski definition) is 3. The van der Waals surface area contributed by atoms with E-state index < -0.39 is 0 Å². The van der Waals surface area contributed by atoms with Crippen molar-refractivity contribution in [3.8, 4) is 0 Å². The molecule has 0 atom stereocenters. The van der Waals surface area contributed by atoms with Crippen LogP contribution in [0, 0.1) is 0 Å². The van der Waals surface area contributed by atoms with Gasteiger partial charge >= 0.3 is 0 Å². The van der Waals surface area contributed by atoms with Crippen molar-refractivity contribution in [2.45, 2.75) is 26.2 Å². The Bertz CT molecular complexity index is 337. The van der Waals surface area contributed by atoms with Gasteiger partial charge in [0.15, 0.2) is 10.3 Å². The second-order valence-corrected chi connectivity index (χ2v) is 3.70. The predicted molar refractivity (Wildman–Crippen MR) is 60.2 cm³/mol. The maximum Gasteiger partial charge on any atom is 0.224 e.